The number of hydrogen-bond donors (Lipinski definition) is 1. The Morgan fingerprint density at radius 1 is 0.655 bits per heavy atom. The summed E-state index contributed by atoms with van der Waals surface area (Å²) in [5, 5.41) is 0. The van der Waals surface area contributed by atoms with Crippen LogP contribution in [0.1, 0.15) is 33.3 Å². The van der Waals surface area contributed by atoms with E-state index in [1.165, 1.54) is 36.4 Å². The number of carbonyl (C=O) groups is 4. The fraction of sp³-hybridized carbons (Fsp3) is 0. The molecule has 0 saturated heterocycles. The van der Waals surface area contributed by atoms with E-state index in [1.807, 2.05) is 0 Å². The molecule has 1 N–H and O–H groups in total. The van der Waals surface area contributed by atoms with Gasteiger partial charge in [0.05, 0.1) is 4.90 Å². The summed E-state index contributed by atoms with van der Waals surface area (Å²) < 4.78 is 31.2. The van der Waals surface area contributed by atoms with Crippen LogP contribution >= 0.6 is 0 Å². The number of hydrogen-bond acceptors (Lipinski definition) is 6. The maximum atomic E-state index is 12.3. The topological polar surface area (TPSA) is 123 Å². The van der Waals surface area contributed by atoms with Gasteiger partial charge in [-0.25, -0.2) is 0 Å². The number of allylic oxidation sites excluding steroid dienone is 4. The van der Waals surface area contributed by atoms with Crippen molar-refractivity contribution in [3.63, 3.8) is 0 Å². The first-order valence-electron chi connectivity index (χ1n) is 7.92. The van der Waals surface area contributed by atoms with Gasteiger partial charge in [-0.05, 0) is 42.5 Å². The fourth-order valence-electron chi connectivity index (χ4n) is 2.68. The number of rotatable bonds is 1. The van der Waals surface area contributed by atoms with E-state index < -0.39 is 20.8 Å². The van der Waals surface area contributed by atoms with Gasteiger partial charge in [0, 0.05) is 22.3 Å². The average molecular weight is 420 g/mol. The zero-order valence-corrected chi connectivity index (χ0v) is 18.0. The third kappa shape index (κ3) is 4.92. The van der Waals surface area contributed by atoms with Gasteiger partial charge in [0.25, 0.3) is 10.1 Å². The third-order valence-electron chi connectivity index (χ3n) is 4.02. The Balaban J connectivity index is 0.000000385. The zero-order valence-electron chi connectivity index (χ0n) is 16.2. The molecular formula is C20H13NaO7S. The summed E-state index contributed by atoms with van der Waals surface area (Å²) in [6, 6.07) is 9.72. The summed E-state index contributed by atoms with van der Waals surface area (Å²) in [5.41, 5.74) is 0.659. The Hall–Kier alpha value is -2.49. The summed E-state index contributed by atoms with van der Waals surface area (Å²) in [6.07, 6.45) is 5.01. The van der Waals surface area contributed by atoms with Crippen molar-refractivity contribution in [2.45, 2.75) is 4.90 Å². The first-order valence-corrected chi connectivity index (χ1v) is 9.36. The minimum Gasteiger partial charge on any atom is -1.00 e. The summed E-state index contributed by atoms with van der Waals surface area (Å²) in [7, 11) is -4.42. The standard InChI is InChI=1S/C14H8O5S.C6H4O2.Na.H/c15-13-9-3-1-2-4-10(9)14(16)12-7-8(20(17,18)19)5-6-11(12)13;7-5-1-2-6(8)4-3-5;;/h1-7H,(H,17,18,19);1-4H;;/q;;+1;-1. The van der Waals surface area contributed by atoms with Crippen molar-refractivity contribution in [1.29, 1.82) is 0 Å². The molecule has 0 aliphatic heterocycles. The predicted molar refractivity (Wildman–Crippen MR) is 99.0 cm³/mol. The van der Waals surface area contributed by atoms with Crippen molar-refractivity contribution in [2.24, 2.45) is 0 Å². The Morgan fingerprint density at radius 3 is 1.52 bits per heavy atom. The second-order valence-electron chi connectivity index (χ2n) is 5.86. The fourth-order valence-corrected chi connectivity index (χ4v) is 3.19. The van der Waals surface area contributed by atoms with E-state index in [9.17, 15) is 27.6 Å². The molecule has 29 heavy (non-hydrogen) atoms. The Labute approximate surface area is 189 Å². The van der Waals surface area contributed by atoms with Gasteiger partial charge in [-0.2, -0.15) is 8.42 Å². The number of benzene rings is 2. The molecule has 7 nitrogen and oxygen atoms in total. The van der Waals surface area contributed by atoms with Crippen molar-refractivity contribution < 1.29 is 63.1 Å². The van der Waals surface area contributed by atoms with Crippen LogP contribution < -0.4 is 29.6 Å². The van der Waals surface area contributed by atoms with Crippen LogP contribution in [0.4, 0.5) is 0 Å². The monoisotopic (exact) mass is 420 g/mol. The molecule has 0 atom stereocenters. The summed E-state index contributed by atoms with van der Waals surface area (Å²) in [6.45, 7) is 0. The minimum absolute atomic E-state index is 0. The molecule has 2 aliphatic rings. The second-order valence-corrected chi connectivity index (χ2v) is 7.28. The van der Waals surface area contributed by atoms with E-state index in [0.717, 1.165) is 12.1 Å². The van der Waals surface area contributed by atoms with Crippen molar-refractivity contribution in [3.05, 3.63) is 89.0 Å². The van der Waals surface area contributed by atoms with Gasteiger partial charge in [-0.15, -0.1) is 0 Å². The Kier molecular flexibility index (Phi) is 6.99. The molecule has 0 radical (unpaired) electrons. The number of carbonyl (C=O) groups excluding carboxylic acids is 4. The van der Waals surface area contributed by atoms with E-state index in [1.54, 1.807) is 18.2 Å². The van der Waals surface area contributed by atoms with E-state index in [4.69, 9.17) is 4.55 Å². The molecule has 0 aromatic heterocycles. The molecular weight excluding hydrogens is 407 g/mol. The first kappa shape index (κ1) is 22.8. The van der Waals surface area contributed by atoms with Crippen molar-refractivity contribution in [2.75, 3.05) is 0 Å². The molecule has 0 unspecified atom stereocenters. The van der Waals surface area contributed by atoms with Crippen LogP contribution in [-0.2, 0) is 19.7 Å². The molecule has 142 valence electrons. The van der Waals surface area contributed by atoms with Gasteiger partial charge in [0.2, 0.25) is 0 Å². The quantitative estimate of drug-likeness (QED) is 0.307. The van der Waals surface area contributed by atoms with Crippen LogP contribution in [0.15, 0.2) is 71.7 Å². The van der Waals surface area contributed by atoms with Gasteiger partial charge in [0.15, 0.2) is 23.1 Å². The molecule has 0 amide bonds. The maximum absolute atomic E-state index is 12.3. The van der Waals surface area contributed by atoms with Gasteiger partial charge in [-0.3, -0.25) is 23.7 Å². The summed E-state index contributed by atoms with van der Waals surface area (Å²) in [5.74, 6) is -1.01. The van der Waals surface area contributed by atoms with E-state index in [-0.39, 0.29) is 65.0 Å². The molecule has 0 fully saturated rings. The minimum atomic E-state index is -4.42. The van der Waals surface area contributed by atoms with Crippen LogP contribution in [0, 0.1) is 0 Å². The molecule has 2 aliphatic carbocycles. The molecule has 0 bridgehead atoms. The van der Waals surface area contributed by atoms with Gasteiger partial charge in [0.1, 0.15) is 0 Å². The first-order chi connectivity index (χ1) is 13.2. The van der Waals surface area contributed by atoms with Crippen molar-refractivity contribution >= 4 is 33.3 Å². The van der Waals surface area contributed by atoms with Gasteiger partial charge >= 0.3 is 29.6 Å². The molecule has 9 heteroatoms. The molecule has 0 heterocycles. The zero-order chi connectivity index (χ0) is 20.5. The summed E-state index contributed by atoms with van der Waals surface area (Å²) in [4.78, 5) is 44.7. The third-order valence-corrected chi connectivity index (χ3v) is 4.87. The molecule has 4 rings (SSSR count). The Morgan fingerprint density at radius 2 is 1.07 bits per heavy atom. The summed E-state index contributed by atoms with van der Waals surface area (Å²) >= 11 is 0. The van der Waals surface area contributed by atoms with Crippen LogP contribution in [0.2, 0.25) is 0 Å². The van der Waals surface area contributed by atoms with Gasteiger partial charge < -0.3 is 1.43 Å². The van der Waals surface area contributed by atoms with Crippen molar-refractivity contribution in [1.82, 2.24) is 0 Å². The molecule has 0 spiro atoms. The van der Waals surface area contributed by atoms with Crippen LogP contribution in [-0.4, -0.2) is 36.1 Å². The smallest absolute Gasteiger partial charge is 1.00 e. The number of fused-ring (bicyclic) bond motifs is 2. The molecule has 0 saturated carbocycles. The van der Waals surface area contributed by atoms with Crippen molar-refractivity contribution in [3.8, 4) is 0 Å². The van der Waals surface area contributed by atoms with Gasteiger partial charge in [-0.1, -0.05) is 24.3 Å². The maximum Gasteiger partial charge on any atom is 1.00 e. The van der Waals surface area contributed by atoms with E-state index >= 15 is 0 Å². The number of ketones is 4. The van der Waals surface area contributed by atoms with Crippen LogP contribution in [0.3, 0.4) is 0 Å². The molecule has 2 aromatic rings. The normalized spacial score (nSPS) is 14.4. The molecule has 2 aromatic carbocycles. The average Bonchev–Trinajstić information content (AvgIpc) is 2.68. The van der Waals surface area contributed by atoms with E-state index in [0.29, 0.717) is 5.56 Å². The largest absolute Gasteiger partial charge is 1.00 e. The van der Waals surface area contributed by atoms with Crippen LogP contribution in [0.25, 0.3) is 0 Å². The second kappa shape index (κ2) is 8.89. The Bertz CT molecular complexity index is 1180. The SMILES string of the molecule is O=C1C=CC(=O)C=C1.O=C1c2ccccc2C(=O)c2cc(S(=O)(=O)O)ccc21.[H-].[Na+]. The predicted octanol–water partition coefficient (Wildman–Crippen LogP) is -0.924. The van der Waals surface area contributed by atoms with E-state index in [2.05, 4.69) is 0 Å². The van der Waals surface area contributed by atoms with Crippen LogP contribution in [0.5, 0.6) is 0 Å².